The van der Waals surface area contributed by atoms with Crippen molar-refractivity contribution in [3.63, 3.8) is 0 Å². The molecule has 0 aromatic carbocycles. The molecule has 5 nitrogen and oxygen atoms in total. The molecule has 1 atom stereocenters. The van der Waals surface area contributed by atoms with E-state index < -0.39 is 0 Å². The first-order chi connectivity index (χ1) is 6.19. The molecule has 0 saturated heterocycles. The Morgan fingerprint density at radius 1 is 1.77 bits per heavy atom. The lowest BCUT2D eigenvalue weighted by Gasteiger charge is -2.09. The smallest absolute Gasteiger partial charge is 0.169 e. The zero-order valence-electron chi connectivity index (χ0n) is 7.90. The third kappa shape index (κ3) is 2.05. The molecule has 0 spiro atoms. The molecular weight excluding hydrogens is 168 g/mol. The Bertz CT molecular complexity index is 294. The van der Waals surface area contributed by atoms with Gasteiger partial charge in [-0.3, -0.25) is 0 Å². The van der Waals surface area contributed by atoms with Gasteiger partial charge in [-0.1, -0.05) is 20.3 Å². The van der Waals surface area contributed by atoms with Gasteiger partial charge in [0.25, 0.3) is 0 Å². The van der Waals surface area contributed by atoms with Gasteiger partial charge in [0.15, 0.2) is 11.5 Å². The number of nitrogens with two attached hydrogens (primary N) is 1. The maximum atomic E-state index is 10.2. The molecule has 1 aromatic heterocycles. The van der Waals surface area contributed by atoms with Crippen LogP contribution in [-0.4, -0.2) is 9.78 Å². The summed E-state index contributed by atoms with van der Waals surface area (Å²) in [6.07, 6.45) is 2.45. The molecule has 0 aliphatic carbocycles. The summed E-state index contributed by atoms with van der Waals surface area (Å²) in [5.74, 6) is 0.858. The number of hydrogen-bond donors (Lipinski definition) is 1. The Labute approximate surface area is 76.9 Å². The summed E-state index contributed by atoms with van der Waals surface area (Å²) in [6.45, 7) is 4.94. The number of anilines is 1. The van der Waals surface area contributed by atoms with Crippen LogP contribution in [0.1, 0.15) is 20.3 Å². The van der Waals surface area contributed by atoms with Crippen molar-refractivity contribution in [3.8, 4) is 0 Å². The van der Waals surface area contributed by atoms with E-state index >= 15 is 0 Å². The summed E-state index contributed by atoms with van der Waals surface area (Å²) < 4.78 is 1.62. The van der Waals surface area contributed by atoms with E-state index in [-0.39, 0.29) is 5.69 Å². The summed E-state index contributed by atoms with van der Waals surface area (Å²) in [7, 11) is 0. The highest BCUT2D eigenvalue weighted by Crippen LogP contribution is 2.21. The molecule has 1 aromatic rings. The van der Waals surface area contributed by atoms with Crippen molar-refractivity contribution in [2.45, 2.75) is 26.8 Å². The fraction of sp³-hybridized carbons (Fsp3) is 0.625. The molecule has 2 N–H and O–H groups in total. The van der Waals surface area contributed by atoms with Crippen LogP contribution in [0.2, 0.25) is 0 Å². The molecule has 0 bridgehead atoms. The van der Waals surface area contributed by atoms with E-state index in [0.29, 0.717) is 11.7 Å². The van der Waals surface area contributed by atoms with E-state index in [4.69, 9.17) is 5.73 Å². The Morgan fingerprint density at radius 3 is 2.92 bits per heavy atom. The summed E-state index contributed by atoms with van der Waals surface area (Å²) >= 11 is 0. The first-order valence-electron chi connectivity index (χ1n) is 4.33. The van der Waals surface area contributed by atoms with E-state index in [1.807, 2.05) is 0 Å². The van der Waals surface area contributed by atoms with Crippen molar-refractivity contribution in [2.75, 3.05) is 5.73 Å². The first-order valence-corrected chi connectivity index (χ1v) is 4.33. The van der Waals surface area contributed by atoms with Crippen LogP contribution < -0.4 is 5.73 Å². The summed E-state index contributed by atoms with van der Waals surface area (Å²) in [5, 5.41) is 6.74. The van der Waals surface area contributed by atoms with Gasteiger partial charge in [0.05, 0.1) is 6.20 Å². The molecule has 1 rings (SSSR count). The van der Waals surface area contributed by atoms with Crippen molar-refractivity contribution in [3.05, 3.63) is 11.1 Å². The van der Waals surface area contributed by atoms with Gasteiger partial charge in [-0.15, -0.1) is 4.91 Å². The van der Waals surface area contributed by atoms with Gasteiger partial charge in [0.2, 0.25) is 0 Å². The van der Waals surface area contributed by atoms with Gasteiger partial charge in [-0.25, -0.2) is 4.68 Å². The number of nitrogen functional groups attached to an aromatic ring is 1. The molecule has 0 saturated carbocycles. The number of nitroso groups, excluding NO2 is 1. The first kappa shape index (κ1) is 9.70. The average molecular weight is 182 g/mol. The molecule has 0 aliphatic rings. The fourth-order valence-corrected chi connectivity index (χ4v) is 1.03. The van der Waals surface area contributed by atoms with Gasteiger partial charge in [0, 0.05) is 6.54 Å². The number of hydrogen-bond acceptors (Lipinski definition) is 4. The maximum Gasteiger partial charge on any atom is 0.169 e. The molecular formula is C8H14N4O. The molecule has 1 heterocycles. The zero-order chi connectivity index (χ0) is 9.84. The summed E-state index contributed by atoms with van der Waals surface area (Å²) in [4.78, 5) is 10.2. The van der Waals surface area contributed by atoms with E-state index in [0.717, 1.165) is 13.0 Å². The highest BCUT2D eigenvalue weighted by molar-refractivity contribution is 5.56. The Morgan fingerprint density at radius 2 is 2.46 bits per heavy atom. The van der Waals surface area contributed by atoms with E-state index in [2.05, 4.69) is 24.1 Å². The fourth-order valence-electron chi connectivity index (χ4n) is 1.03. The van der Waals surface area contributed by atoms with Gasteiger partial charge >= 0.3 is 0 Å². The molecule has 0 fully saturated rings. The van der Waals surface area contributed by atoms with Crippen LogP contribution in [0.15, 0.2) is 11.4 Å². The zero-order valence-corrected chi connectivity index (χ0v) is 7.90. The number of rotatable bonds is 4. The van der Waals surface area contributed by atoms with Gasteiger partial charge in [0.1, 0.15) is 0 Å². The van der Waals surface area contributed by atoms with Crippen molar-refractivity contribution in [1.29, 1.82) is 0 Å². The quantitative estimate of drug-likeness (QED) is 0.723. The van der Waals surface area contributed by atoms with E-state index in [9.17, 15) is 4.91 Å². The predicted molar refractivity (Wildman–Crippen MR) is 51.5 cm³/mol. The SMILES string of the molecule is CCC(C)Cn1ncc(N=O)c1N. The minimum Gasteiger partial charge on any atom is -0.382 e. The second-order valence-corrected chi connectivity index (χ2v) is 3.20. The largest absolute Gasteiger partial charge is 0.382 e. The average Bonchev–Trinajstić information content (AvgIpc) is 2.48. The van der Waals surface area contributed by atoms with Crippen LogP contribution in [0.4, 0.5) is 11.5 Å². The minimum atomic E-state index is 0.225. The van der Waals surface area contributed by atoms with Crippen LogP contribution in [-0.2, 0) is 6.54 Å². The van der Waals surface area contributed by atoms with Crippen molar-refractivity contribution >= 4 is 11.5 Å². The molecule has 5 heteroatoms. The van der Waals surface area contributed by atoms with E-state index in [1.165, 1.54) is 6.20 Å². The summed E-state index contributed by atoms with van der Waals surface area (Å²) in [5.41, 5.74) is 5.85. The standard InChI is InChI=1S/C8H14N4O/c1-3-6(2)5-12-8(9)7(11-13)4-10-12/h4,6H,3,5,9H2,1-2H3. The molecule has 72 valence electrons. The highest BCUT2D eigenvalue weighted by atomic mass is 16.3. The lowest BCUT2D eigenvalue weighted by Crippen LogP contribution is -2.10. The van der Waals surface area contributed by atoms with Crippen LogP contribution >= 0.6 is 0 Å². The van der Waals surface area contributed by atoms with E-state index in [1.54, 1.807) is 4.68 Å². The van der Waals surface area contributed by atoms with Crippen LogP contribution in [0, 0.1) is 10.8 Å². The van der Waals surface area contributed by atoms with Crippen molar-refractivity contribution in [2.24, 2.45) is 11.1 Å². The molecule has 1 unspecified atom stereocenters. The molecule has 13 heavy (non-hydrogen) atoms. The lowest BCUT2D eigenvalue weighted by molar-refractivity contribution is 0.443. The van der Waals surface area contributed by atoms with Crippen molar-refractivity contribution in [1.82, 2.24) is 9.78 Å². The topological polar surface area (TPSA) is 73.3 Å². The minimum absolute atomic E-state index is 0.225. The number of aromatic nitrogens is 2. The normalized spacial score (nSPS) is 12.8. The Kier molecular flexibility index (Phi) is 3.00. The maximum absolute atomic E-state index is 10.2. The third-order valence-electron chi connectivity index (χ3n) is 2.14. The Balaban J connectivity index is 2.77. The second kappa shape index (κ2) is 4.02. The number of nitrogens with zero attached hydrogens (tertiary/aromatic N) is 3. The molecule has 0 amide bonds. The second-order valence-electron chi connectivity index (χ2n) is 3.20. The predicted octanol–water partition coefficient (Wildman–Crippen LogP) is 1.91. The van der Waals surface area contributed by atoms with Crippen LogP contribution in [0.5, 0.6) is 0 Å². The van der Waals surface area contributed by atoms with Gasteiger partial charge in [-0.05, 0) is 11.1 Å². The van der Waals surface area contributed by atoms with Gasteiger partial charge in [-0.2, -0.15) is 5.10 Å². The highest BCUT2D eigenvalue weighted by Gasteiger charge is 2.09. The Hall–Kier alpha value is -1.39. The molecule has 0 aliphatic heterocycles. The lowest BCUT2D eigenvalue weighted by atomic mass is 10.1. The monoisotopic (exact) mass is 182 g/mol. The van der Waals surface area contributed by atoms with Crippen LogP contribution in [0.25, 0.3) is 0 Å². The van der Waals surface area contributed by atoms with Crippen molar-refractivity contribution < 1.29 is 0 Å². The molecule has 0 radical (unpaired) electrons. The summed E-state index contributed by atoms with van der Waals surface area (Å²) in [6, 6.07) is 0. The van der Waals surface area contributed by atoms with Gasteiger partial charge < -0.3 is 5.73 Å². The van der Waals surface area contributed by atoms with Crippen LogP contribution in [0.3, 0.4) is 0 Å². The third-order valence-corrected chi connectivity index (χ3v) is 2.14.